The van der Waals surface area contributed by atoms with Crippen LogP contribution < -0.4 is 5.32 Å². The Morgan fingerprint density at radius 1 is 1.32 bits per heavy atom. The molecule has 0 bridgehead atoms. The van der Waals surface area contributed by atoms with E-state index in [4.69, 9.17) is 0 Å². The minimum absolute atomic E-state index is 0.207. The number of aromatic amines is 1. The number of carboxylic acids is 1. The lowest BCUT2D eigenvalue weighted by atomic mass is 10.1. The summed E-state index contributed by atoms with van der Waals surface area (Å²) < 4.78 is 1.32. The quantitative estimate of drug-likeness (QED) is 0.665. The highest BCUT2D eigenvalue weighted by Crippen LogP contribution is 2.21. The number of aliphatic carboxylic acids is 1. The van der Waals surface area contributed by atoms with Crippen LogP contribution >= 0.6 is 0 Å². The lowest BCUT2D eigenvalue weighted by molar-refractivity contribution is -0.146. The van der Waals surface area contributed by atoms with Gasteiger partial charge in [0.2, 0.25) is 5.91 Å². The Morgan fingerprint density at radius 3 is 2.80 bits per heavy atom. The molecule has 3 rings (SSSR count). The van der Waals surface area contributed by atoms with Gasteiger partial charge < -0.3 is 15.4 Å². The Kier molecular flexibility index (Phi) is 4.08. The van der Waals surface area contributed by atoms with E-state index < -0.39 is 11.5 Å². The zero-order valence-corrected chi connectivity index (χ0v) is 14.3. The van der Waals surface area contributed by atoms with Gasteiger partial charge in [-0.15, -0.1) is 0 Å². The van der Waals surface area contributed by atoms with E-state index in [1.807, 2.05) is 31.3 Å². The molecular weight excluding hydrogens is 320 g/mol. The molecule has 130 valence electrons. The third-order valence-electron chi connectivity index (χ3n) is 4.23. The van der Waals surface area contributed by atoms with Crippen LogP contribution in [0.2, 0.25) is 0 Å². The average Bonchev–Trinajstić information content (AvgIpc) is 3.14. The van der Waals surface area contributed by atoms with Gasteiger partial charge in [0.1, 0.15) is 0 Å². The number of benzene rings is 1. The molecule has 0 unspecified atom stereocenters. The molecule has 1 amide bonds. The number of nitrogens with zero attached hydrogens (tertiary/aromatic N) is 2. The molecule has 3 aromatic rings. The monoisotopic (exact) mass is 340 g/mol. The first-order chi connectivity index (χ1) is 11.8. The largest absolute Gasteiger partial charge is 0.479 e. The summed E-state index contributed by atoms with van der Waals surface area (Å²) in [5.41, 5.74) is 1.86. The third kappa shape index (κ3) is 3.26. The second-order valence-electron chi connectivity index (χ2n) is 6.60. The molecule has 0 radical (unpaired) electrons. The summed E-state index contributed by atoms with van der Waals surface area (Å²) in [5, 5.41) is 17.1. The summed E-state index contributed by atoms with van der Waals surface area (Å²) in [5.74, 6) is -0.877. The van der Waals surface area contributed by atoms with Crippen molar-refractivity contribution in [1.82, 2.24) is 14.8 Å². The highest BCUT2D eigenvalue weighted by Gasteiger charge is 2.30. The molecule has 3 N–H and O–H groups in total. The van der Waals surface area contributed by atoms with Gasteiger partial charge in [0.05, 0.1) is 6.42 Å². The molecule has 0 atom stereocenters. The molecule has 0 aliphatic heterocycles. The Balaban J connectivity index is 1.72. The smallest absolute Gasteiger partial charge is 0.331 e. The Hall–Kier alpha value is -3.09. The van der Waals surface area contributed by atoms with Crippen molar-refractivity contribution in [2.24, 2.45) is 0 Å². The van der Waals surface area contributed by atoms with Crippen LogP contribution in [0.3, 0.4) is 0 Å². The van der Waals surface area contributed by atoms with Gasteiger partial charge in [-0.1, -0.05) is 12.1 Å². The summed E-state index contributed by atoms with van der Waals surface area (Å²) >= 11 is 0. The zero-order chi connectivity index (χ0) is 18.2. The molecule has 0 aliphatic carbocycles. The molecular formula is C18H20N4O3. The lowest BCUT2D eigenvalue weighted by Gasteiger charge is -2.19. The van der Waals surface area contributed by atoms with Gasteiger partial charge in [0.25, 0.3) is 0 Å². The van der Waals surface area contributed by atoms with Crippen LogP contribution in [0.15, 0.2) is 36.7 Å². The van der Waals surface area contributed by atoms with Crippen LogP contribution in [0.1, 0.15) is 25.0 Å². The minimum atomic E-state index is -1.18. The molecule has 0 saturated heterocycles. The fraction of sp³-hybridized carbons (Fsp3) is 0.278. The molecule has 2 aromatic heterocycles. The van der Waals surface area contributed by atoms with Crippen LogP contribution in [0.25, 0.3) is 10.9 Å². The summed E-state index contributed by atoms with van der Waals surface area (Å²) in [6.45, 7) is 5.10. The van der Waals surface area contributed by atoms with Crippen molar-refractivity contribution in [1.29, 1.82) is 0 Å². The number of hydrogen-bond donors (Lipinski definition) is 3. The zero-order valence-electron chi connectivity index (χ0n) is 14.3. The predicted molar refractivity (Wildman–Crippen MR) is 94.6 cm³/mol. The van der Waals surface area contributed by atoms with Crippen molar-refractivity contribution in [3.05, 3.63) is 47.8 Å². The number of nitrogens with one attached hydrogen (secondary N) is 2. The summed E-state index contributed by atoms with van der Waals surface area (Å²) in [6.07, 6.45) is 3.58. The molecule has 7 heteroatoms. The number of fused-ring (bicyclic) bond motifs is 1. The van der Waals surface area contributed by atoms with Gasteiger partial charge in [-0.3, -0.25) is 9.48 Å². The van der Waals surface area contributed by atoms with Crippen molar-refractivity contribution in [3.8, 4) is 0 Å². The number of hydrogen-bond acceptors (Lipinski definition) is 3. The maximum atomic E-state index is 12.3. The first-order valence-corrected chi connectivity index (χ1v) is 7.93. The number of anilines is 1. The minimum Gasteiger partial charge on any atom is -0.479 e. The van der Waals surface area contributed by atoms with E-state index in [0.717, 1.165) is 22.0 Å². The average molecular weight is 340 g/mol. The fourth-order valence-electron chi connectivity index (χ4n) is 2.61. The van der Waals surface area contributed by atoms with E-state index in [1.165, 1.54) is 10.9 Å². The van der Waals surface area contributed by atoms with E-state index in [1.54, 1.807) is 19.9 Å². The van der Waals surface area contributed by atoms with Crippen molar-refractivity contribution in [2.75, 3.05) is 5.32 Å². The van der Waals surface area contributed by atoms with Gasteiger partial charge in [0, 0.05) is 29.4 Å². The van der Waals surface area contributed by atoms with Crippen molar-refractivity contribution >= 4 is 28.6 Å². The second-order valence-corrected chi connectivity index (χ2v) is 6.60. The van der Waals surface area contributed by atoms with Crippen molar-refractivity contribution in [3.63, 3.8) is 0 Å². The molecule has 1 aromatic carbocycles. The number of aromatic nitrogens is 3. The van der Waals surface area contributed by atoms with Gasteiger partial charge >= 0.3 is 5.97 Å². The second kappa shape index (κ2) is 6.08. The Bertz CT molecular complexity index is 952. The van der Waals surface area contributed by atoms with E-state index in [2.05, 4.69) is 15.4 Å². The molecule has 2 heterocycles. The summed E-state index contributed by atoms with van der Waals surface area (Å²) in [4.78, 5) is 26.7. The highest BCUT2D eigenvalue weighted by atomic mass is 16.4. The van der Waals surface area contributed by atoms with Gasteiger partial charge in [0.15, 0.2) is 11.4 Å². The Labute approximate surface area is 144 Å². The normalized spacial score (nSPS) is 11.6. The first-order valence-electron chi connectivity index (χ1n) is 7.93. The number of rotatable bonds is 5. The number of H-pyrrole nitrogens is 1. The molecule has 0 fully saturated rings. The van der Waals surface area contributed by atoms with Crippen LogP contribution in [0, 0.1) is 6.92 Å². The number of carboxylic acid groups (broad SMARTS) is 1. The number of aryl methyl sites for hydroxylation is 1. The SMILES string of the molecule is Cc1ccc2c(CC(=O)Nc3ccn(C(C)(C)C(=O)O)n3)c[nH]c2c1. The summed E-state index contributed by atoms with van der Waals surface area (Å²) in [6, 6.07) is 7.62. The van der Waals surface area contributed by atoms with Gasteiger partial charge in [-0.2, -0.15) is 5.10 Å². The topological polar surface area (TPSA) is 100 Å². The molecule has 25 heavy (non-hydrogen) atoms. The number of amides is 1. The van der Waals surface area contributed by atoms with Crippen molar-refractivity contribution in [2.45, 2.75) is 32.7 Å². The maximum Gasteiger partial charge on any atom is 0.331 e. The van der Waals surface area contributed by atoms with Crippen LogP contribution in [0.4, 0.5) is 5.82 Å². The van der Waals surface area contributed by atoms with Gasteiger partial charge in [-0.05, 0) is 38.0 Å². The van der Waals surface area contributed by atoms with E-state index in [-0.39, 0.29) is 12.3 Å². The third-order valence-corrected chi connectivity index (χ3v) is 4.23. The predicted octanol–water partition coefficient (Wildman–Crippen LogP) is 2.67. The van der Waals surface area contributed by atoms with Crippen LogP contribution in [0.5, 0.6) is 0 Å². The van der Waals surface area contributed by atoms with Gasteiger partial charge in [-0.25, -0.2) is 4.79 Å². The molecule has 0 saturated carbocycles. The number of carbonyl (C=O) groups excluding carboxylic acids is 1. The molecule has 0 spiro atoms. The summed E-state index contributed by atoms with van der Waals surface area (Å²) in [7, 11) is 0. The van der Waals surface area contributed by atoms with Crippen molar-refractivity contribution < 1.29 is 14.7 Å². The molecule has 0 aliphatic rings. The molecule has 7 nitrogen and oxygen atoms in total. The van der Waals surface area contributed by atoms with Crippen LogP contribution in [-0.2, 0) is 21.5 Å². The Morgan fingerprint density at radius 2 is 2.08 bits per heavy atom. The first kappa shape index (κ1) is 16.8. The van der Waals surface area contributed by atoms with Crippen LogP contribution in [-0.4, -0.2) is 31.7 Å². The van der Waals surface area contributed by atoms with E-state index >= 15 is 0 Å². The fourth-order valence-corrected chi connectivity index (χ4v) is 2.61. The number of carbonyl (C=O) groups is 2. The lowest BCUT2D eigenvalue weighted by Crippen LogP contribution is -2.36. The van der Waals surface area contributed by atoms with E-state index in [0.29, 0.717) is 5.82 Å². The van der Waals surface area contributed by atoms with E-state index in [9.17, 15) is 14.7 Å². The standard InChI is InChI=1S/C18H20N4O3/c1-11-4-5-13-12(10-19-14(13)8-11)9-16(23)20-15-6-7-22(21-15)18(2,3)17(24)25/h4-8,10,19H,9H2,1-3H3,(H,24,25)(H,20,21,23). The maximum absolute atomic E-state index is 12.3. The highest BCUT2D eigenvalue weighted by molar-refractivity contribution is 5.95.